The number of hydrogen-bond acceptors (Lipinski definition) is 3. The van der Waals surface area contributed by atoms with Gasteiger partial charge in [-0.05, 0) is 55.8 Å². The summed E-state index contributed by atoms with van der Waals surface area (Å²) in [5.74, 6) is 0.689. The first-order chi connectivity index (χ1) is 27.3. The minimum atomic E-state index is 0.689. The van der Waals surface area contributed by atoms with Crippen LogP contribution < -0.4 is 0 Å². The average Bonchev–Trinajstić information content (AvgIpc) is 3.65. The SMILES string of the molecule is c1ccc(-c2nc(-c3ccc(-c4cccc5c4oc4ccccc45)cc3)cc(-c3c4ccccc4c(-c4ccccc4)c4ccc5ccccc5c34)n2)cc1. The van der Waals surface area contributed by atoms with Crippen LogP contribution in [0.15, 0.2) is 199 Å². The Bertz CT molecular complexity index is 3240. The van der Waals surface area contributed by atoms with Crippen molar-refractivity contribution in [3.8, 4) is 56.2 Å². The van der Waals surface area contributed by atoms with Crippen molar-refractivity contribution in [2.75, 3.05) is 0 Å². The number of furan rings is 1. The third-order valence-corrected chi connectivity index (χ3v) is 10.9. The van der Waals surface area contributed by atoms with Gasteiger partial charge in [-0.1, -0.05) is 182 Å². The number of rotatable bonds is 5. The van der Waals surface area contributed by atoms with E-state index in [1.54, 1.807) is 0 Å². The smallest absolute Gasteiger partial charge is 0.160 e. The highest BCUT2D eigenvalue weighted by Crippen LogP contribution is 2.46. The number of para-hydroxylation sites is 2. The van der Waals surface area contributed by atoms with Crippen molar-refractivity contribution >= 4 is 54.3 Å². The van der Waals surface area contributed by atoms with Crippen molar-refractivity contribution in [2.45, 2.75) is 0 Å². The van der Waals surface area contributed by atoms with Crippen molar-refractivity contribution in [1.29, 1.82) is 0 Å². The van der Waals surface area contributed by atoms with Crippen LogP contribution in [0.1, 0.15) is 0 Å². The van der Waals surface area contributed by atoms with E-state index in [1.165, 1.54) is 38.1 Å². The van der Waals surface area contributed by atoms with Gasteiger partial charge in [0.2, 0.25) is 0 Å². The fourth-order valence-corrected chi connectivity index (χ4v) is 8.36. The van der Waals surface area contributed by atoms with Gasteiger partial charge < -0.3 is 4.42 Å². The van der Waals surface area contributed by atoms with E-state index in [4.69, 9.17) is 14.4 Å². The van der Waals surface area contributed by atoms with Gasteiger partial charge in [-0.25, -0.2) is 9.97 Å². The Morgan fingerprint density at radius 2 is 0.945 bits per heavy atom. The standard InChI is InChI=1S/C52H32N2O/c1-3-15-36(16-4-1)48-41-21-9-10-22-42(41)50(49-38-19-8-7-14-33(38)30-31-44(48)49)46-32-45(53-52(54-46)37-17-5-2-6-18-37)35-28-26-34(27-29-35)39-23-13-24-43-40-20-11-12-25-47(40)55-51(39)43/h1-32H. The number of fused-ring (bicyclic) bond motifs is 7. The zero-order valence-corrected chi connectivity index (χ0v) is 29.8. The molecular weight excluding hydrogens is 669 g/mol. The molecule has 0 unspecified atom stereocenters. The van der Waals surface area contributed by atoms with Gasteiger partial charge >= 0.3 is 0 Å². The number of hydrogen-bond donors (Lipinski definition) is 0. The molecule has 0 amide bonds. The third kappa shape index (κ3) is 5.13. The molecular formula is C52H32N2O. The molecule has 11 aromatic rings. The molecule has 11 rings (SSSR count). The van der Waals surface area contributed by atoms with E-state index in [9.17, 15) is 0 Å². The Labute approximate surface area is 317 Å². The second-order valence-corrected chi connectivity index (χ2v) is 14.1. The summed E-state index contributed by atoms with van der Waals surface area (Å²) in [5, 5.41) is 9.37. The molecule has 0 saturated heterocycles. The topological polar surface area (TPSA) is 38.9 Å². The first-order valence-electron chi connectivity index (χ1n) is 18.7. The molecule has 0 aliphatic rings. The highest BCUT2D eigenvalue weighted by Gasteiger charge is 2.21. The lowest BCUT2D eigenvalue weighted by Crippen LogP contribution is -1.98. The summed E-state index contributed by atoms with van der Waals surface area (Å²) in [6.07, 6.45) is 0. The van der Waals surface area contributed by atoms with Crippen LogP contribution in [0.25, 0.3) is 110 Å². The molecule has 9 aromatic carbocycles. The molecule has 0 spiro atoms. The van der Waals surface area contributed by atoms with Crippen molar-refractivity contribution in [3.05, 3.63) is 194 Å². The Hall–Kier alpha value is -7.36. The monoisotopic (exact) mass is 700 g/mol. The van der Waals surface area contributed by atoms with E-state index >= 15 is 0 Å². The van der Waals surface area contributed by atoms with E-state index in [2.05, 4.69) is 164 Å². The highest BCUT2D eigenvalue weighted by atomic mass is 16.3. The van der Waals surface area contributed by atoms with Gasteiger partial charge in [0.15, 0.2) is 5.82 Å². The fourth-order valence-electron chi connectivity index (χ4n) is 8.36. The zero-order valence-electron chi connectivity index (χ0n) is 29.8. The van der Waals surface area contributed by atoms with Crippen molar-refractivity contribution in [1.82, 2.24) is 9.97 Å². The maximum Gasteiger partial charge on any atom is 0.160 e. The lowest BCUT2D eigenvalue weighted by atomic mass is 9.85. The molecule has 0 fully saturated rings. The summed E-state index contributed by atoms with van der Waals surface area (Å²) in [5.41, 5.74) is 11.2. The summed E-state index contributed by atoms with van der Waals surface area (Å²) in [6.45, 7) is 0. The zero-order chi connectivity index (χ0) is 36.3. The Morgan fingerprint density at radius 1 is 0.345 bits per heavy atom. The van der Waals surface area contributed by atoms with Gasteiger partial charge in [0.05, 0.1) is 11.4 Å². The molecule has 0 radical (unpaired) electrons. The van der Waals surface area contributed by atoms with Gasteiger partial charge in [-0.2, -0.15) is 0 Å². The highest BCUT2D eigenvalue weighted by molar-refractivity contribution is 6.27. The quantitative estimate of drug-likeness (QED) is 0.133. The lowest BCUT2D eigenvalue weighted by Gasteiger charge is -2.19. The predicted molar refractivity (Wildman–Crippen MR) is 229 cm³/mol. The van der Waals surface area contributed by atoms with Crippen LogP contribution in [0.5, 0.6) is 0 Å². The van der Waals surface area contributed by atoms with Crippen molar-refractivity contribution < 1.29 is 4.42 Å². The van der Waals surface area contributed by atoms with Gasteiger partial charge in [0.1, 0.15) is 11.2 Å². The molecule has 0 atom stereocenters. The number of benzene rings is 9. The van der Waals surface area contributed by atoms with Crippen LogP contribution in [-0.2, 0) is 0 Å². The maximum atomic E-state index is 6.40. The first kappa shape index (κ1) is 31.2. The molecule has 3 nitrogen and oxygen atoms in total. The predicted octanol–water partition coefficient (Wildman–Crippen LogP) is 14.2. The molecule has 0 aliphatic carbocycles. The lowest BCUT2D eigenvalue weighted by molar-refractivity contribution is 0.670. The van der Waals surface area contributed by atoms with Crippen LogP contribution in [0.2, 0.25) is 0 Å². The molecule has 0 bridgehead atoms. The molecule has 2 heterocycles. The minimum absolute atomic E-state index is 0.689. The Balaban J connectivity index is 1.16. The van der Waals surface area contributed by atoms with Gasteiger partial charge in [-0.3, -0.25) is 0 Å². The summed E-state index contributed by atoms with van der Waals surface area (Å²) >= 11 is 0. The third-order valence-electron chi connectivity index (χ3n) is 10.9. The van der Waals surface area contributed by atoms with Crippen molar-refractivity contribution in [2.24, 2.45) is 0 Å². The molecule has 3 heteroatoms. The van der Waals surface area contributed by atoms with Crippen LogP contribution in [-0.4, -0.2) is 9.97 Å². The number of aromatic nitrogens is 2. The molecule has 0 saturated carbocycles. The minimum Gasteiger partial charge on any atom is -0.455 e. The summed E-state index contributed by atoms with van der Waals surface area (Å²) in [4.78, 5) is 10.6. The second kappa shape index (κ2) is 12.6. The number of nitrogens with zero attached hydrogens (tertiary/aromatic N) is 2. The van der Waals surface area contributed by atoms with Crippen LogP contribution in [0.4, 0.5) is 0 Å². The van der Waals surface area contributed by atoms with E-state index in [-0.39, 0.29) is 0 Å². The van der Waals surface area contributed by atoms with Crippen LogP contribution in [0.3, 0.4) is 0 Å². The largest absolute Gasteiger partial charge is 0.455 e. The molecule has 0 N–H and O–H groups in total. The van der Waals surface area contributed by atoms with Crippen molar-refractivity contribution in [3.63, 3.8) is 0 Å². The first-order valence-corrected chi connectivity index (χ1v) is 18.7. The average molecular weight is 701 g/mol. The van der Waals surface area contributed by atoms with E-state index in [1.807, 2.05) is 30.3 Å². The van der Waals surface area contributed by atoms with Crippen LogP contribution >= 0.6 is 0 Å². The summed E-state index contributed by atoms with van der Waals surface area (Å²) in [7, 11) is 0. The normalized spacial score (nSPS) is 11.6. The maximum absolute atomic E-state index is 6.40. The van der Waals surface area contributed by atoms with Crippen LogP contribution in [0, 0.1) is 0 Å². The van der Waals surface area contributed by atoms with E-state index < -0.39 is 0 Å². The summed E-state index contributed by atoms with van der Waals surface area (Å²) < 4.78 is 6.40. The summed E-state index contributed by atoms with van der Waals surface area (Å²) in [6, 6.07) is 68.5. The molecule has 0 aliphatic heterocycles. The van der Waals surface area contributed by atoms with E-state index in [0.717, 1.165) is 66.5 Å². The van der Waals surface area contributed by atoms with Gasteiger partial charge in [0.25, 0.3) is 0 Å². The second-order valence-electron chi connectivity index (χ2n) is 14.1. The Morgan fingerprint density at radius 3 is 1.73 bits per heavy atom. The molecule has 55 heavy (non-hydrogen) atoms. The molecule has 256 valence electrons. The Kier molecular flexibility index (Phi) is 7.17. The van der Waals surface area contributed by atoms with Gasteiger partial charge in [0, 0.05) is 38.4 Å². The molecule has 2 aromatic heterocycles. The van der Waals surface area contributed by atoms with Gasteiger partial charge in [-0.15, -0.1) is 0 Å². The fraction of sp³-hybridized carbons (Fsp3) is 0. The van der Waals surface area contributed by atoms with E-state index in [0.29, 0.717) is 5.82 Å².